The minimum Gasteiger partial charge on any atom is -0.465 e. The van der Waals surface area contributed by atoms with Gasteiger partial charge in [-0.3, -0.25) is 10.1 Å². The second kappa shape index (κ2) is 5.82. The van der Waals surface area contributed by atoms with Crippen molar-refractivity contribution >= 4 is 21.9 Å². The predicted molar refractivity (Wildman–Crippen MR) is 62.9 cm³/mol. The molecule has 1 aliphatic rings. The van der Waals surface area contributed by atoms with E-state index in [-0.39, 0.29) is 23.0 Å². The summed E-state index contributed by atoms with van der Waals surface area (Å²) < 4.78 is 5.01. The van der Waals surface area contributed by atoms with Gasteiger partial charge in [0.1, 0.15) is 6.04 Å². The molecule has 1 rings (SSSR count). The fourth-order valence-electron chi connectivity index (χ4n) is 1.78. The van der Waals surface area contributed by atoms with Gasteiger partial charge in [0.15, 0.2) is 0 Å². The first-order valence-corrected chi connectivity index (χ1v) is 6.34. The molecule has 4 unspecified atom stereocenters. The van der Waals surface area contributed by atoms with Crippen molar-refractivity contribution in [2.45, 2.75) is 50.3 Å². The van der Waals surface area contributed by atoms with Gasteiger partial charge in [0.2, 0.25) is 0 Å². The molecule has 0 bridgehead atoms. The molecule has 1 aliphatic heterocycles. The van der Waals surface area contributed by atoms with E-state index in [0.29, 0.717) is 12.6 Å². The molecule has 1 saturated heterocycles. The van der Waals surface area contributed by atoms with Gasteiger partial charge < -0.3 is 10.1 Å². The Bertz CT molecular complexity index is 225. The average Bonchev–Trinajstić information content (AvgIpc) is 2.21. The van der Waals surface area contributed by atoms with Gasteiger partial charge in [0, 0.05) is 12.1 Å². The van der Waals surface area contributed by atoms with E-state index in [0.717, 1.165) is 6.42 Å². The molecule has 1 heterocycles. The lowest BCUT2D eigenvalue weighted by Gasteiger charge is -2.38. The molecule has 15 heavy (non-hydrogen) atoms. The monoisotopic (exact) mass is 278 g/mol. The van der Waals surface area contributed by atoms with Crippen LogP contribution < -0.4 is 10.6 Å². The van der Waals surface area contributed by atoms with E-state index in [4.69, 9.17) is 4.74 Å². The summed E-state index contributed by atoms with van der Waals surface area (Å²) in [4.78, 5) is 11.7. The van der Waals surface area contributed by atoms with Gasteiger partial charge in [-0.15, -0.1) is 0 Å². The Labute approximate surface area is 99.3 Å². The van der Waals surface area contributed by atoms with E-state index in [1.54, 1.807) is 0 Å². The maximum absolute atomic E-state index is 11.6. The molecule has 0 aromatic carbocycles. The quantitative estimate of drug-likeness (QED) is 0.460. The summed E-state index contributed by atoms with van der Waals surface area (Å²) in [5.41, 5.74) is 0. The standard InChI is InChI=1S/C10H19BrN2O2/c1-4-7-9(11)13-8(6(3)12-7)10(14)15-5-2/h6-9,12-13H,4-5H2,1-3H3. The summed E-state index contributed by atoms with van der Waals surface area (Å²) in [5, 5.41) is 6.63. The lowest BCUT2D eigenvalue weighted by molar-refractivity contribution is -0.147. The zero-order valence-electron chi connectivity index (χ0n) is 9.42. The van der Waals surface area contributed by atoms with Crippen molar-refractivity contribution in [1.29, 1.82) is 0 Å². The van der Waals surface area contributed by atoms with Crippen LogP contribution in [0.5, 0.6) is 0 Å². The molecule has 2 N–H and O–H groups in total. The van der Waals surface area contributed by atoms with Crippen LogP contribution in [-0.2, 0) is 9.53 Å². The Kier molecular flexibility index (Phi) is 5.02. The summed E-state index contributed by atoms with van der Waals surface area (Å²) in [7, 11) is 0. The van der Waals surface area contributed by atoms with E-state index < -0.39 is 0 Å². The Morgan fingerprint density at radius 3 is 2.60 bits per heavy atom. The summed E-state index contributed by atoms with van der Waals surface area (Å²) in [6, 6.07) is 0.186. The number of carbonyl (C=O) groups excluding carboxylic acids is 1. The Morgan fingerprint density at radius 1 is 1.40 bits per heavy atom. The smallest absolute Gasteiger partial charge is 0.324 e. The molecule has 0 amide bonds. The van der Waals surface area contributed by atoms with Crippen molar-refractivity contribution in [2.75, 3.05) is 6.61 Å². The van der Waals surface area contributed by atoms with E-state index in [2.05, 4.69) is 33.5 Å². The molecule has 5 heteroatoms. The molecular formula is C10H19BrN2O2. The molecule has 88 valence electrons. The minimum atomic E-state index is -0.267. The molecule has 4 nitrogen and oxygen atoms in total. The molecule has 1 fully saturated rings. The Morgan fingerprint density at radius 2 is 2.07 bits per heavy atom. The third-order valence-electron chi connectivity index (χ3n) is 2.65. The van der Waals surface area contributed by atoms with Crippen LogP contribution in [0.4, 0.5) is 0 Å². The van der Waals surface area contributed by atoms with Gasteiger partial charge in [0.25, 0.3) is 0 Å². The number of alkyl halides is 1. The second-order valence-corrected chi connectivity index (χ2v) is 4.75. The van der Waals surface area contributed by atoms with Gasteiger partial charge in [-0.05, 0) is 20.3 Å². The summed E-state index contributed by atoms with van der Waals surface area (Å²) in [6.07, 6.45) is 1.02. The number of halogens is 1. The van der Waals surface area contributed by atoms with Gasteiger partial charge >= 0.3 is 5.97 Å². The van der Waals surface area contributed by atoms with Crippen LogP contribution in [0, 0.1) is 0 Å². The first-order valence-electron chi connectivity index (χ1n) is 5.42. The van der Waals surface area contributed by atoms with Crippen LogP contribution in [0.2, 0.25) is 0 Å². The fourth-order valence-corrected chi connectivity index (χ4v) is 2.59. The molecular weight excluding hydrogens is 260 g/mol. The summed E-state index contributed by atoms with van der Waals surface area (Å²) in [6.45, 7) is 6.36. The van der Waals surface area contributed by atoms with Gasteiger partial charge in [-0.2, -0.15) is 0 Å². The van der Waals surface area contributed by atoms with Crippen molar-refractivity contribution in [3.63, 3.8) is 0 Å². The SMILES string of the molecule is CCOC(=O)C1NC(Br)C(CC)NC1C. The van der Waals surface area contributed by atoms with Gasteiger partial charge in [-0.25, -0.2) is 0 Å². The molecule has 0 radical (unpaired) electrons. The van der Waals surface area contributed by atoms with Crippen LogP contribution in [0.3, 0.4) is 0 Å². The largest absolute Gasteiger partial charge is 0.465 e. The van der Waals surface area contributed by atoms with Crippen LogP contribution in [0.25, 0.3) is 0 Å². The topological polar surface area (TPSA) is 50.4 Å². The average molecular weight is 279 g/mol. The molecule has 0 aliphatic carbocycles. The summed E-state index contributed by atoms with van der Waals surface area (Å²) >= 11 is 3.52. The van der Waals surface area contributed by atoms with E-state index in [1.165, 1.54) is 0 Å². The van der Waals surface area contributed by atoms with Crippen molar-refractivity contribution in [3.8, 4) is 0 Å². The van der Waals surface area contributed by atoms with E-state index >= 15 is 0 Å². The van der Waals surface area contributed by atoms with Crippen molar-refractivity contribution in [2.24, 2.45) is 0 Å². The normalized spacial score (nSPS) is 36.3. The highest BCUT2D eigenvalue weighted by Gasteiger charge is 2.36. The summed E-state index contributed by atoms with van der Waals surface area (Å²) in [5.74, 6) is -0.184. The Hall–Kier alpha value is -0.130. The minimum absolute atomic E-state index is 0.0998. The first kappa shape index (κ1) is 12.9. The highest BCUT2D eigenvalue weighted by molar-refractivity contribution is 9.09. The number of piperazine rings is 1. The highest BCUT2D eigenvalue weighted by Crippen LogP contribution is 2.15. The second-order valence-electron chi connectivity index (χ2n) is 3.77. The van der Waals surface area contributed by atoms with Crippen LogP contribution in [0.15, 0.2) is 0 Å². The third-order valence-corrected chi connectivity index (χ3v) is 3.55. The number of ether oxygens (including phenoxy) is 1. The predicted octanol–water partition coefficient (Wildman–Crippen LogP) is 0.999. The fraction of sp³-hybridized carbons (Fsp3) is 0.900. The zero-order chi connectivity index (χ0) is 11.4. The molecule has 4 atom stereocenters. The first-order chi connectivity index (χ1) is 7.10. The number of rotatable bonds is 3. The molecule has 0 saturated carbocycles. The molecule has 0 spiro atoms. The third kappa shape index (κ3) is 3.16. The molecule has 0 aromatic rings. The van der Waals surface area contributed by atoms with Crippen molar-refractivity contribution in [3.05, 3.63) is 0 Å². The van der Waals surface area contributed by atoms with Gasteiger partial charge in [0.05, 0.1) is 11.6 Å². The van der Waals surface area contributed by atoms with E-state index in [9.17, 15) is 4.79 Å². The van der Waals surface area contributed by atoms with Crippen molar-refractivity contribution < 1.29 is 9.53 Å². The van der Waals surface area contributed by atoms with Crippen LogP contribution in [0.1, 0.15) is 27.2 Å². The van der Waals surface area contributed by atoms with Crippen molar-refractivity contribution in [1.82, 2.24) is 10.6 Å². The maximum atomic E-state index is 11.6. The number of hydrogen-bond acceptors (Lipinski definition) is 4. The number of hydrogen-bond donors (Lipinski definition) is 2. The van der Waals surface area contributed by atoms with E-state index in [1.807, 2.05) is 13.8 Å². The Balaban J connectivity index is 2.57. The van der Waals surface area contributed by atoms with Crippen LogP contribution in [-0.4, -0.2) is 35.7 Å². The number of nitrogens with one attached hydrogen (secondary N) is 2. The zero-order valence-corrected chi connectivity index (χ0v) is 11.0. The lowest BCUT2D eigenvalue weighted by Crippen LogP contribution is -2.65. The maximum Gasteiger partial charge on any atom is 0.324 e. The van der Waals surface area contributed by atoms with Crippen LogP contribution >= 0.6 is 15.9 Å². The number of esters is 1. The highest BCUT2D eigenvalue weighted by atomic mass is 79.9. The lowest BCUT2D eigenvalue weighted by atomic mass is 10.0. The number of carbonyl (C=O) groups is 1. The molecule has 0 aromatic heterocycles. The van der Waals surface area contributed by atoms with Gasteiger partial charge in [-0.1, -0.05) is 22.9 Å².